The molecule has 7 heteroatoms. The van der Waals surface area contributed by atoms with Gasteiger partial charge in [-0.2, -0.15) is 0 Å². The third-order valence-corrected chi connectivity index (χ3v) is 4.17. The van der Waals surface area contributed by atoms with Crippen LogP contribution in [0.15, 0.2) is 24.3 Å². The minimum atomic E-state index is -3.27. The van der Waals surface area contributed by atoms with Crippen molar-refractivity contribution in [2.24, 2.45) is 0 Å². The summed E-state index contributed by atoms with van der Waals surface area (Å²) in [7, 11) is -0.322. The molecule has 0 saturated carbocycles. The number of amides is 1. The molecule has 6 nitrogen and oxygen atoms in total. The molecule has 0 bridgehead atoms. The minimum Gasteiger partial charge on any atom is -0.497 e. The first-order valence-corrected chi connectivity index (χ1v) is 7.93. The highest BCUT2D eigenvalue weighted by atomic mass is 32.2. The van der Waals surface area contributed by atoms with Crippen LogP contribution in [0.25, 0.3) is 0 Å². The lowest BCUT2D eigenvalue weighted by Crippen LogP contribution is -2.33. The monoisotopic (exact) mass is 300 g/mol. The number of carbonyl (C=O) groups is 1. The molecule has 0 saturated heterocycles. The lowest BCUT2D eigenvalue weighted by atomic mass is 10.1. The number of rotatable bonds is 8. The molecule has 1 amide bonds. The van der Waals surface area contributed by atoms with Crippen LogP contribution in [-0.2, 0) is 21.2 Å². The van der Waals surface area contributed by atoms with Crippen LogP contribution in [0.1, 0.15) is 12.0 Å². The number of carbonyl (C=O) groups excluding carboxylic acids is 1. The van der Waals surface area contributed by atoms with Gasteiger partial charge in [0.05, 0.1) is 12.9 Å². The quantitative estimate of drug-likeness (QED) is 0.723. The fourth-order valence-electron chi connectivity index (χ4n) is 1.57. The zero-order valence-corrected chi connectivity index (χ0v) is 12.5. The summed E-state index contributed by atoms with van der Waals surface area (Å²) in [5, 5.41) is 2.58. The van der Waals surface area contributed by atoms with Gasteiger partial charge in [0.15, 0.2) is 0 Å². The number of hydrogen-bond acceptors (Lipinski definition) is 4. The van der Waals surface area contributed by atoms with Crippen LogP contribution in [0.5, 0.6) is 5.75 Å². The standard InChI is InChI=1S/C13H20N2O4S/c1-14-20(17,18)10-9-15-13(16)8-5-11-3-6-12(19-2)7-4-11/h3-4,6-7,14H,5,8-10H2,1-2H3,(H,15,16). The smallest absolute Gasteiger partial charge is 0.220 e. The number of benzene rings is 1. The molecule has 2 N–H and O–H groups in total. The van der Waals surface area contributed by atoms with E-state index < -0.39 is 10.0 Å². The first-order chi connectivity index (χ1) is 9.46. The van der Waals surface area contributed by atoms with Crippen molar-refractivity contribution < 1.29 is 17.9 Å². The topological polar surface area (TPSA) is 84.5 Å². The van der Waals surface area contributed by atoms with Crippen molar-refractivity contribution in [1.29, 1.82) is 0 Å². The van der Waals surface area contributed by atoms with E-state index in [1.165, 1.54) is 7.05 Å². The highest BCUT2D eigenvalue weighted by molar-refractivity contribution is 7.89. The maximum atomic E-state index is 11.6. The van der Waals surface area contributed by atoms with E-state index in [1.807, 2.05) is 24.3 Å². The van der Waals surface area contributed by atoms with Gasteiger partial charge in [-0.3, -0.25) is 4.79 Å². The van der Waals surface area contributed by atoms with Crippen molar-refractivity contribution >= 4 is 15.9 Å². The third kappa shape index (κ3) is 6.03. The van der Waals surface area contributed by atoms with Crippen molar-refractivity contribution in [3.05, 3.63) is 29.8 Å². The van der Waals surface area contributed by atoms with Gasteiger partial charge in [0.25, 0.3) is 0 Å². The predicted octanol–water partition coefficient (Wildman–Crippen LogP) is 0.293. The molecule has 0 radical (unpaired) electrons. The van der Waals surface area contributed by atoms with E-state index >= 15 is 0 Å². The second-order valence-corrected chi connectivity index (χ2v) is 6.27. The highest BCUT2D eigenvalue weighted by Crippen LogP contribution is 2.12. The zero-order valence-electron chi connectivity index (χ0n) is 11.7. The van der Waals surface area contributed by atoms with E-state index in [0.717, 1.165) is 11.3 Å². The fraction of sp³-hybridized carbons (Fsp3) is 0.462. The van der Waals surface area contributed by atoms with E-state index in [4.69, 9.17) is 4.74 Å². The lowest BCUT2D eigenvalue weighted by Gasteiger charge is -2.06. The number of ether oxygens (including phenoxy) is 1. The summed E-state index contributed by atoms with van der Waals surface area (Å²) in [5.74, 6) is 0.500. The molecule has 0 fully saturated rings. The van der Waals surface area contributed by atoms with Gasteiger partial charge < -0.3 is 10.1 Å². The molecular weight excluding hydrogens is 280 g/mol. The van der Waals surface area contributed by atoms with Crippen LogP contribution in [0.2, 0.25) is 0 Å². The average molecular weight is 300 g/mol. The second-order valence-electron chi connectivity index (χ2n) is 4.22. The Morgan fingerprint density at radius 1 is 1.25 bits per heavy atom. The molecular formula is C13H20N2O4S. The first-order valence-electron chi connectivity index (χ1n) is 6.27. The summed E-state index contributed by atoms with van der Waals surface area (Å²) in [6, 6.07) is 7.48. The van der Waals surface area contributed by atoms with Crippen LogP contribution in [0.4, 0.5) is 0 Å². The van der Waals surface area contributed by atoms with E-state index in [1.54, 1.807) is 7.11 Å². The van der Waals surface area contributed by atoms with E-state index in [-0.39, 0.29) is 18.2 Å². The molecule has 0 aromatic heterocycles. The number of nitrogens with one attached hydrogen (secondary N) is 2. The van der Waals surface area contributed by atoms with Crippen LogP contribution in [-0.4, -0.2) is 40.8 Å². The summed E-state index contributed by atoms with van der Waals surface area (Å²) < 4.78 is 29.5. The van der Waals surface area contributed by atoms with Crippen molar-refractivity contribution in [3.63, 3.8) is 0 Å². The summed E-state index contributed by atoms with van der Waals surface area (Å²) >= 11 is 0. The maximum Gasteiger partial charge on any atom is 0.220 e. The zero-order chi connectivity index (χ0) is 15.0. The normalized spacial score (nSPS) is 11.1. The Hall–Kier alpha value is -1.60. The Bertz CT molecular complexity index is 526. The molecule has 20 heavy (non-hydrogen) atoms. The van der Waals surface area contributed by atoms with Crippen molar-refractivity contribution in [2.75, 3.05) is 26.5 Å². The summed E-state index contributed by atoms with van der Waals surface area (Å²) in [6.45, 7) is 0.116. The number of sulfonamides is 1. The van der Waals surface area contributed by atoms with E-state index in [9.17, 15) is 13.2 Å². The Kier molecular flexibility index (Phi) is 6.47. The second kappa shape index (κ2) is 7.86. The Morgan fingerprint density at radius 3 is 2.45 bits per heavy atom. The molecule has 0 atom stereocenters. The third-order valence-electron chi connectivity index (χ3n) is 2.80. The first kappa shape index (κ1) is 16.5. The SMILES string of the molecule is CNS(=O)(=O)CCNC(=O)CCc1ccc(OC)cc1. The van der Waals surface area contributed by atoms with Gasteiger partial charge in [-0.25, -0.2) is 13.1 Å². The largest absolute Gasteiger partial charge is 0.497 e. The van der Waals surface area contributed by atoms with Gasteiger partial charge in [-0.15, -0.1) is 0 Å². The van der Waals surface area contributed by atoms with Gasteiger partial charge in [0.1, 0.15) is 5.75 Å². The van der Waals surface area contributed by atoms with Gasteiger partial charge in [0.2, 0.25) is 15.9 Å². The summed E-state index contributed by atoms with van der Waals surface area (Å²) in [6.07, 6.45) is 0.931. The molecule has 1 aromatic carbocycles. The van der Waals surface area contributed by atoms with Crippen LogP contribution < -0.4 is 14.8 Å². The molecule has 0 unspecified atom stereocenters. The molecule has 112 valence electrons. The Morgan fingerprint density at radius 2 is 1.90 bits per heavy atom. The van der Waals surface area contributed by atoms with Crippen molar-refractivity contribution in [2.45, 2.75) is 12.8 Å². The van der Waals surface area contributed by atoms with Crippen LogP contribution in [0.3, 0.4) is 0 Å². The fourth-order valence-corrected chi connectivity index (χ4v) is 2.14. The maximum absolute atomic E-state index is 11.6. The van der Waals surface area contributed by atoms with Gasteiger partial charge in [-0.1, -0.05) is 12.1 Å². The molecule has 1 rings (SSSR count). The number of hydrogen-bond donors (Lipinski definition) is 2. The lowest BCUT2D eigenvalue weighted by molar-refractivity contribution is -0.120. The number of aryl methyl sites for hydroxylation is 1. The van der Waals surface area contributed by atoms with Crippen molar-refractivity contribution in [3.8, 4) is 5.75 Å². The van der Waals surface area contributed by atoms with Gasteiger partial charge in [0, 0.05) is 13.0 Å². The molecule has 0 aliphatic rings. The Balaban J connectivity index is 2.29. The summed E-state index contributed by atoms with van der Waals surface area (Å²) in [5.41, 5.74) is 1.03. The van der Waals surface area contributed by atoms with Crippen molar-refractivity contribution in [1.82, 2.24) is 10.0 Å². The molecule has 0 spiro atoms. The number of methoxy groups -OCH3 is 1. The van der Waals surface area contributed by atoms with Gasteiger partial charge in [-0.05, 0) is 31.2 Å². The highest BCUT2D eigenvalue weighted by Gasteiger charge is 2.08. The van der Waals surface area contributed by atoms with E-state index in [0.29, 0.717) is 12.8 Å². The van der Waals surface area contributed by atoms with Crippen LogP contribution >= 0.6 is 0 Å². The Labute approximate surface area is 119 Å². The van der Waals surface area contributed by atoms with Crippen LogP contribution in [0, 0.1) is 0 Å². The molecule has 0 aliphatic heterocycles. The van der Waals surface area contributed by atoms with E-state index in [2.05, 4.69) is 10.0 Å². The van der Waals surface area contributed by atoms with Gasteiger partial charge >= 0.3 is 0 Å². The molecule has 0 heterocycles. The average Bonchev–Trinajstić information content (AvgIpc) is 2.45. The summed E-state index contributed by atoms with van der Waals surface area (Å²) in [4.78, 5) is 11.6. The predicted molar refractivity (Wildman–Crippen MR) is 77.2 cm³/mol. The molecule has 1 aromatic rings. The molecule has 0 aliphatic carbocycles. The minimum absolute atomic E-state index is 0.113.